The summed E-state index contributed by atoms with van der Waals surface area (Å²) in [4.78, 5) is 21.5. The summed E-state index contributed by atoms with van der Waals surface area (Å²) in [5, 5.41) is 7.25. The maximum atomic E-state index is 11.3. The lowest BCUT2D eigenvalue weighted by atomic mass is 10.1. The fourth-order valence-electron chi connectivity index (χ4n) is 1.39. The number of nitrogens with one attached hydrogen (secondary N) is 1. The molecule has 0 radical (unpaired) electrons. The number of aryl methyl sites for hydroxylation is 1. The molecule has 15 heavy (non-hydrogen) atoms. The number of rotatable bonds is 2. The van der Waals surface area contributed by atoms with E-state index < -0.39 is 5.63 Å². The molecule has 1 heterocycles. The van der Waals surface area contributed by atoms with Crippen LogP contribution in [0.25, 0.3) is 10.8 Å². The number of nitrogens with zero attached hydrogens (tertiary/aromatic N) is 1. The summed E-state index contributed by atoms with van der Waals surface area (Å²) in [7, 11) is 0. The Balaban J connectivity index is 2.75. The van der Waals surface area contributed by atoms with Gasteiger partial charge in [0.15, 0.2) is 0 Å². The Hall–Kier alpha value is -2.17. The molecule has 2 rings (SSSR count). The third-order valence-electron chi connectivity index (χ3n) is 2.12. The van der Waals surface area contributed by atoms with Crippen LogP contribution in [0, 0.1) is 6.92 Å². The van der Waals surface area contributed by atoms with Gasteiger partial charge in [-0.3, -0.25) is 4.79 Å². The van der Waals surface area contributed by atoms with Crippen molar-refractivity contribution in [3.8, 4) is 0 Å². The van der Waals surface area contributed by atoms with E-state index in [1.807, 2.05) is 0 Å². The van der Waals surface area contributed by atoms with Crippen LogP contribution in [-0.4, -0.2) is 11.6 Å². The molecule has 0 unspecified atom stereocenters. The van der Waals surface area contributed by atoms with Crippen LogP contribution in [0.2, 0.25) is 0 Å². The molecule has 5 heteroatoms. The Kier molecular flexibility index (Phi) is 2.21. The second kappa shape index (κ2) is 3.53. The number of hydrogen-bond acceptors (Lipinski definition) is 4. The Morgan fingerprint density at radius 3 is 2.93 bits per heavy atom. The Morgan fingerprint density at radius 1 is 1.40 bits per heavy atom. The smallest absolute Gasteiger partial charge is 0.329 e. The second-order valence-electron chi connectivity index (χ2n) is 3.08. The summed E-state index contributed by atoms with van der Waals surface area (Å²) in [6.45, 7) is 1.73. The van der Waals surface area contributed by atoms with E-state index in [2.05, 4.69) is 15.0 Å². The molecule has 5 nitrogen and oxygen atoms in total. The molecule has 0 spiro atoms. The van der Waals surface area contributed by atoms with Crippen molar-refractivity contribution in [3.63, 3.8) is 0 Å². The van der Waals surface area contributed by atoms with Crippen molar-refractivity contribution in [1.29, 1.82) is 0 Å². The predicted octanol–water partition coefficient (Wildman–Crippen LogP) is 1.06. The second-order valence-corrected chi connectivity index (χ2v) is 3.08. The molecule has 0 aliphatic heterocycles. The Labute approximate surface area is 84.7 Å². The molecule has 0 saturated carbocycles. The van der Waals surface area contributed by atoms with Crippen LogP contribution in [0.4, 0.5) is 5.69 Å². The monoisotopic (exact) mass is 204 g/mol. The first kappa shape index (κ1) is 9.39. The molecule has 1 amide bonds. The van der Waals surface area contributed by atoms with Crippen molar-refractivity contribution in [3.05, 3.63) is 34.3 Å². The van der Waals surface area contributed by atoms with E-state index in [0.717, 1.165) is 0 Å². The van der Waals surface area contributed by atoms with Crippen molar-refractivity contribution in [1.82, 2.24) is 5.16 Å². The highest BCUT2D eigenvalue weighted by Crippen LogP contribution is 2.17. The molecule has 2 aromatic rings. The van der Waals surface area contributed by atoms with Crippen molar-refractivity contribution >= 4 is 22.9 Å². The molecular formula is C10H8N2O3. The van der Waals surface area contributed by atoms with Crippen molar-refractivity contribution < 1.29 is 9.32 Å². The van der Waals surface area contributed by atoms with Crippen molar-refractivity contribution in [2.45, 2.75) is 6.92 Å². The van der Waals surface area contributed by atoms with Crippen LogP contribution >= 0.6 is 0 Å². The molecule has 0 fully saturated rings. The van der Waals surface area contributed by atoms with E-state index in [1.165, 1.54) is 0 Å². The van der Waals surface area contributed by atoms with Crippen LogP contribution in [0.1, 0.15) is 5.69 Å². The highest BCUT2D eigenvalue weighted by atomic mass is 16.5. The summed E-state index contributed by atoms with van der Waals surface area (Å²) in [6.07, 6.45) is 0.579. The van der Waals surface area contributed by atoms with Gasteiger partial charge in [0, 0.05) is 11.1 Å². The number of carbonyl (C=O) groups is 1. The summed E-state index contributed by atoms with van der Waals surface area (Å²) < 4.78 is 4.58. The molecule has 0 atom stereocenters. The lowest BCUT2D eigenvalue weighted by molar-refractivity contribution is -0.105. The van der Waals surface area contributed by atoms with Gasteiger partial charge in [-0.05, 0) is 25.1 Å². The molecule has 1 N–H and O–H groups in total. The molecule has 1 aromatic heterocycles. The summed E-state index contributed by atoms with van der Waals surface area (Å²) >= 11 is 0. The lowest BCUT2D eigenvalue weighted by Gasteiger charge is -2.01. The highest BCUT2D eigenvalue weighted by molar-refractivity contribution is 5.88. The molecular weight excluding hydrogens is 196 g/mol. The van der Waals surface area contributed by atoms with Crippen LogP contribution in [-0.2, 0) is 4.79 Å². The number of aromatic nitrogens is 1. The number of fused-ring (bicyclic) bond motifs is 1. The largest absolute Gasteiger partial charge is 0.366 e. The van der Waals surface area contributed by atoms with E-state index in [-0.39, 0.29) is 0 Å². The van der Waals surface area contributed by atoms with Gasteiger partial charge in [0.25, 0.3) is 0 Å². The maximum Gasteiger partial charge on any atom is 0.366 e. The number of amides is 1. The van der Waals surface area contributed by atoms with Gasteiger partial charge in [-0.15, -0.1) is 0 Å². The first-order valence-corrected chi connectivity index (χ1v) is 4.33. The number of hydrogen-bond donors (Lipinski definition) is 1. The van der Waals surface area contributed by atoms with Crippen LogP contribution < -0.4 is 10.9 Å². The van der Waals surface area contributed by atoms with Gasteiger partial charge >= 0.3 is 5.63 Å². The average molecular weight is 204 g/mol. The minimum atomic E-state index is -0.478. The van der Waals surface area contributed by atoms with Gasteiger partial charge in [0.05, 0.1) is 11.1 Å². The van der Waals surface area contributed by atoms with Gasteiger partial charge in [-0.1, -0.05) is 5.16 Å². The maximum absolute atomic E-state index is 11.3. The van der Waals surface area contributed by atoms with Gasteiger partial charge in [-0.25, -0.2) is 4.79 Å². The molecule has 0 aliphatic carbocycles. The van der Waals surface area contributed by atoms with Crippen LogP contribution in [0.3, 0.4) is 0 Å². The predicted molar refractivity (Wildman–Crippen MR) is 54.7 cm³/mol. The first-order valence-electron chi connectivity index (χ1n) is 4.33. The zero-order valence-electron chi connectivity index (χ0n) is 7.98. The Bertz CT molecular complexity index is 574. The lowest BCUT2D eigenvalue weighted by Crippen LogP contribution is -2.03. The first-order chi connectivity index (χ1) is 7.22. The SMILES string of the molecule is Cc1noc(=O)c2ccc(NC=O)cc12. The van der Waals surface area contributed by atoms with Gasteiger partial charge < -0.3 is 9.84 Å². The van der Waals surface area contributed by atoms with E-state index in [1.54, 1.807) is 25.1 Å². The number of benzene rings is 1. The number of carbonyl (C=O) groups excluding carboxylic acids is 1. The minimum absolute atomic E-state index is 0.457. The molecule has 0 aliphatic rings. The van der Waals surface area contributed by atoms with E-state index in [4.69, 9.17) is 0 Å². The zero-order valence-corrected chi connectivity index (χ0v) is 7.98. The average Bonchev–Trinajstić information content (AvgIpc) is 2.24. The third-order valence-corrected chi connectivity index (χ3v) is 2.12. The Morgan fingerprint density at radius 2 is 2.20 bits per heavy atom. The van der Waals surface area contributed by atoms with Gasteiger partial charge in [0.1, 0.15) is 0 Å². The minimum Gasteiger partial charge on any atom is -0.329 e. The molecule has 0 bridgehead atoms. The standard InChI is InChI=1S/C10H8N2O3/c1-6-9-4-7(11-5-13)2-3-8(9)10(14)15-12-6/h2-5H,1H3,(H,11,13). The quantitative estimate of drug-likeness (QED) is 0.742. The molecule has 76 valence electrons. The third kappa shape index (κ3) is 1.59. The summed E-state index contributed by atoms with van der Waals surface area (Å²) in [5.41, 5.74) is 0.750. The number of anilines is 1. The fourth-order valence-corrected chi connectivity index (χ4v) is 1.39. The summed E-state index contributed by atoms with van der Waals surface area (Å²) in [5.74, 6) is 0. The van der Waals surface area contributed by atoms with Crippen molar-refractivity contribution in [2.75, 3.05) is 5.32 Å². The van der Waals surface area contributed by atoms with Gasteiger partial charge in [-0.2, -0.15) is 0 Å². The molecule has 0 saturated heterocycles. The zero-order chi connectivity index (χ0) is 10.8. The van der Waals surface area contributed by atoms with Crippen molar-refractivity contribution in [2.24, 2.45) is 0 Å². The van der Waals surface area contributed by atoms with Gasteiger partial charge in [0.2, 0.25) is 6.41 Å². The highest BCUT2D eigenvalue weighted by Gasteiger charge is 2.05. The summed E-state index contributed by atoms with van der Waals surface area (Å²) in [6, 6.07) is 4.91. The molecule has 1 aromatic carbocycles. The topological polar surface area (TPSA) is 72.2 Å². The van der Waals surface area contributed by atoms with E-state index in [9.17, 15) is 9.59 Å². The van der Waals surface area contributed by atoms with Crippen LogP contribution in [0.5, 0.6) is 0 Å². The van der Waals surface area contributed by atoms with Crippen LogP contribution in [0.15, 0.2) is 27.5 Å². The van der Waals surface area contributed by atoms with E-state index >= 15 is 0 Å². The van der Waals surface area contributed by atoms with E-state index in [0.29, 0.717) is 28.6 Å². The fraction of sp³-hybridized carbons (Fsp3) is 0.100. The normalized spacial score (nSPS) is 10.2.